The van der Waals surface area contributed by atoms with Gasteiger partial charge in [0.2, 0.25) is 5.54 Å². The Morgan fingerprint density at radius 1 is 0.850 bits per heavy atom. The van der Waals surface area contributed by atoms with Crippen molar-refractivity contribution in [1.29, 1.82) is 0 Å². The zero-order chi connectivity index (χ0) is 15.3. The molecule has 0 aromatic heterocycles. The Morgan fingerprint density at radius 2 is 1.25 bits per heavy atom. The maximum Gasteiger partial charge on any atom is 0.244 e. The van der Waals surface area contributed by atoms with Crippen LogP contribution in [0.1, 0.15) is 90.9 Å². The van der Waals surface area contributed by atoms with E-state index in [4.69, 9.17) is 0 Å². The van der Waals surface area contributed by atoms with Gasteiger partial charge in [-0.2, -0.15) is 0 Å². The van der Waals surface area contributed by atoms with Gasteiger partial charge in [0, 0.05) is 17.8 Å². The molecule has 0 heterocycles. The smallest absolute Gasteiger partial charge is 0.244 e. The lowest BCUT2D eigenvalue weighted by atomic mass is 9.87. The maximum atomic E-state index is 11.3. The lowest BCUT2D eigenvalue weighted by Crippen LogP contribution is -2.42. The predicted molar refractivity (Wildman–Crippen MR) is 83.6 cm³/mol. The van der Waals surface area contributed by atoms with E-state index in [0.29, 0.717) is 12.8 Å². The number of hydrogen-bond acceptors (Lipinski definition) is 3. The first-order chi connectivity index (χ1) is 9.63. The summed E-state index contributed by atoms with van der Waals surface area (Å²) < 4.78 is 0. The topological polar surface area (TPSA) is 63.4 Å². The van der Waals surface area contributed by atoms with Crippen molar-refractivity contribution in [3.05, 3.63) is 10.1 Å². The molecule has 0 bridgehead atoms. The van der Waals surface area contributed by atoms with E-state index in [1.807, 2.05) is 0 Å². The van der Waals surface area contributed by atoms with E-state index in [-0.39, 0.29) is 11.5 Å². The highest BCUT2D eigenvalue weighted by Gasteiger charge is 2.40. The molecule has 1 atom stereocenters. The molecule has 0 saturated heterocycles. The van der Waals surface area contributed by atoms with Crippen molar-refractivity contribution in [3.63, 3.8) is 0 Å². The second-order valence-corrected chi connectivity index (χ2v) is 5.97. The van der Waals surface area contributed by atoms with E-state index in [1.165, 1.54) is 25.7 Å². The Labute approximate surface area is 124 Å². The van der Waals surface area contributed by atoms with Gasteiger partial charge >= 0.3 is 0 Å². The van der Waals surface area contributed by atoms with Gasteiger partial charge in [0.25, 0.3) is 0 Å². The molecule has 0 aromatic rings. The normalized spacial score (nSPS) is 14.2. The average molecular weight is 287 g/mol. The number of hydrogen-bond donors (Lipinski definition) is 1. The molecule has 20 heavy (non-hydrogen) atoms. The summed E-state index contributed by atoms with van der Waals surface area (Å²) in [7, 11) is 0. The molecule has 4 heteroatoms. The van der Waals surface area contributed by atoms with Gasteiger partial charge in [0.15, 0.2) is 0 Å². The van der Waals surface area contributed by atoms with Crippen LogP contribution in [-0.2, 0) is 0 Å². The number of rotatable bonds is 14. The number of nitrogens with zero attached hydrogens (tertiary/aromatic N) is 1. The van der Waals surface area contributed by atoms with E-state index in [2.05, 4.69) is 13.8 Å². The number of unbranched alkanes of at least 4 members (excludes halogenated alkanes) is 8. The first-order valence-corrected chi connectivity index (χ1v) is 8.38. The monoisotopic (exact) mass is 287 g/mol. The summed E-state index contributed by atoms with van der Waals surface area (Å²) in [5.74, 6) is 0. The lowest BCUT2D eigenvalue weighted by molar-refractivity contribution is -0.576. The van der Waals surface area contributed by atoms with Crippen LogP contribution in [0.15, 0.2) is 0 Å². The molecule has 0 aliphatic carbocycles. The predicted octanol–water partition coefficient (Wildman–Crippen LogP) is 4.72. The van der Waals surface area contributed by atoms with Crippen LogP contribution >= 0.6 is 0 Å². The minimum absolute atomic E-state index is 0.236. The van der Waals surface area contributed by atoms with Crippen molar-refractivity contribution in [2.24, 2.45) is 0 Å². The Balaban J connectivity index is 4.00. The van der Waals surface area contributed by atoms with E-state index in [1.54, 1.807) is 0 Å². The molecule has 0 aliphatic rings. The Hall–Kier alpha value is -0.640. The maximum absolute atomic E-state index is 11.3. The van der Waals surface area contributed by atoms with Gasteiger partial charge in [0.05, 0.1) is 0 Å². The van der Waals surface area contributed by atoms with Gasteiger partial charge in [-0.05, 0) is 12.8 Å². The lowest BCUT2D eigenvalue weighted by Gasteiger charge is -2.23. The fraction of sp³-hybridized carbons (Fsp3) is 1.00. The van der Waals surface area contributed by atoms with E-state index in [0.717, 1.165) is 38.5 Å². The van der Waals surface area contributed by atoms with Gasteiger partial charge in [0.1, 0.15) is 6.61 Å². The molecule has 0 amide bonds. The van der Waals surface area contributed by atoms with Gasteiger partial charge in [-0.25, -0.2) is 0 Å². The summed E-state index contributed by atoms with van der Waals surface area (Å²) in [6.07, 6.45) is 12.0. The first kappa shape index (κ1) is 19.4. The van der Waals surface area contributed by atoms with Crippen LogP contribution < -0.4 is 0 Å². The Kier molecular flexibility index (Phi) is 11.7. The third kappa shape index (κ3) is 7.83. The molecule has 0 radical (unpaired) electrons. The fourth-order valence-electron chi connectivity index (χ4n) is 2.64. The van der Waals surface area contributed by atoms with Crippen molar-refractivity contribution < 1.29 is 10.0 Å². The molecule has 0 aliphatic heterocycles. The zero-order valence-electron chi connectivity index (χ0n) is 13.4. The fourth-order valence-corrected chi connectivity index (χ4v) is 2.64. The van der Waals surface area contributed by atoms with Gasteiger partial charge in [-0.3, -0.25) is 10.1 Å². The molecule has 4 nitrogen and oxygen atoms in total. The Morgan fingerprint density at radius 3 is 1.70 bits per heavy atom. The second kappa shape index (κ2) is 12.1. The van der Waals surface area contributed by atoms with Crippen LogP contribution in [0.3, 0.4) is 0 Å². The number of nitro groups is 1. The summed E-state index contributed by atoms with van der Waals surface area (Å²) in [6.45, 7) is 3.96. The van der Waals surface area contributed by atoms with Crippen molar-refractivity contribution in [2.45, 2.75) is 96.4 Å². The van der Waals surface area contributed by atoms with Crippen LogP contribution in [-0.4, -0.2) is 22.2 Å². The van der Waals surface area contributed by atoms with E-state index >= 15 is 0 Å². The minimum atomic E-state index is -1.08. The SMILES string of the molecule is CCCCCCCCCC(CO)(CCCCC)[N+](=O)[O-]. The molecule has 0 aromatic carbocycles. The molecule has 0 fully saturated rings. The highest BCUT2D eigenvalue weighted by atomic mass is 16.6. The minimum Gasteiger partial charge on any atom is -0.389 e. The highest BCUT2D eigenvalue weighted by Crippen LogP contribution is 2.26. The molecular formula is C16H33NO3. The molecule has 0 saturated carbocycles. The van der Waals surface area contributed by atoms with Crippen molar-refractivity contribution >= 4 is 0 Å². The van der Waals surface area contributed by atoms with E-state index in [9.17, 15) is 15.2 Å². The summed E-state index contributed by atoms with van der Waals surface area (Å²) in [6, 6.07) is 0. The van der Waals surface area contributed by atoms with Gasteiger partial charge < -0.3 is 5.11 Å². The summed E-state index contributed by atoms with van der Waals surface area (Å²) in [5, 5.41) is 20.8. The van der Waals surface area contributed by atoms with Crippen molar-refractivity contribution in [2.75, 3.05) is 6.61 Å². The summed E-state index contributed by atoms with van der Waals surface area (Å²) in [5.41, 5.74) is -1.08. The average Bonchev–Trinajstić information content (AvgIpc) is 2.44. The number of aliphatic hydroxyl groups is 1. The van der Waals surface area contributed by atoms with Crippen LogP contribution in [0.2, 0.25) is 0 Å². The quantitative estimate of drug-likeness (QED) is 0.286. The van der Waals surface area contributed by atoms with E-state index < -0.39 is 5.54 Å². The molecule has 0 spiro atoms. The summed E-state index contributed by atoms with van der Waals surface area (Å²) in [4.78, 5) is 11.1. The van der Waals surface area contributed by atoms with Crippen LogP contribution in [0.5, 0.6) is 0 Å². The standard InChI is InChI=1S/C16H33NO3/c1-3-5-7-8-9-10-12-14-16(15-18,17(19)20)13-11-6-4-2/h18H,3-15H2,1-2H3. The zero-order valence-corrected chi connectivity index (χ0v) is 13.4. The van der Waals surface area contributed by atoms with Crippen LogP contribution in [0.25, 0.3) is 0 Å². The van der Waals surface area contributed by atoms with Crippen LogP contribution in [0, 0.1) is 10.1 Å². The van der Waals surface area contributed by atoms with Gasteiger partial charge in [-0.15, -0.1) is 0 Å². The highest BCUT2D eigenvalue weighted by molar-refractivity contribution is 4.78. The first-order valence-electron chi connectivity index (χ1n) is 8.38. The molecule has 0 rings (SSSR count). The van der Waals surface area contributed by atoms with Gasteiger partial charge in [-0.1, -0.05) is 65.2 Å². The van der Waals surface area contributed by atoms with Crippen molar-refractivity contribution in [1.82, 2.24) is 0 Å². The molecular weight excluding hydrogens is 254 g/mol. The molecule has 120 valence electrons. The Bertz CT molecular complexity index is 246. The largest absolute Gasteiger partial charge is 0.389 e. The summed E-state index contributed by atoms with van der Waals surface area (Å²) >= 11 is 0. The van der Waals surface area contributed by atoms with Crippen LogP contribution in [0.4, 0.5) is 0 Å². The third-order valence-electron chi connectivity index (χ3n) is 4.17. The van der Waals surface area contributed by atoms with Crippen molar-refractivity contribution in [3.8, 4) is 0 Å². The third-order valence-corrected chi connectivity index (χ3v) is 4.17. The molecule has 1 unspecified atom stereocenters. The number of aliphatic hydroxyl groups excluding tert-OH is 1. The molecule has 1 N–H and O–H groups in total. The second-order valence-electron chi connectivity index (χ2n) is 5.97.